The fourth-order valence-electron chi connectivity index (χ4n) is 3.62. The van der Waals surface area contributed by atoms with Crippen molar-refractivity contribution >= 4 is 11.3 Å². The number of nitrogens with zero attached hydrogens (tertiary/aromatic N) is 1. The molecule has 0 amide bonds. The number of aliphatic hydroxyl groups excluding tert-OH is 2. The predicted molar refractivity (Wildman–Crippen MR) is 124 cm³/mol. The Labute approximate surface area is 195 Å². The van der Waals surface area contributed by atoms with E-state index < -0.39 is 17.8 Å². The molecule has 0 aliphatic heterocycles. The predicted octanol–water partition coefficient (Wildman–Crippen LogP) is 6.30. The van der Waals surface area contributed by atoms with Crippen LogP contribution < -0.4 is 4.74 Å². The Morgan fingerprint density at radius 1 is 1.09 bits per heavy atom. The highest BCUT2D eigenvalue weighted by Crippen LogP contribution is 2.36. The molecule has 8 heteroatoms. The number of aliphatic hydroxyl groups is 2. The van der Waals surface area contributed by atoms with Gasteiger partial charge in [-0.05, 0) is 61.1 Å². The molecule has 0 fully saturated rings. The van der Waals surface area contributed by atoms with E-state index in [-0.39, 0.29) is 19.1 Å². The quantitative estimate of drug-likeness (QED) is 0.378. The third-order valence-electron chi connectivity index (χ3n) is 5.34. The van der Waals surface area contributed by atoms with E-state index in [1.165, 1.54) is 23.5 Å². The Morgan fingerprint density at radius 3 is 2.36 bits per heavy atom. The summed E-state index contributed by atoms with van der Waals surface area (Å²) in [6, 6.07) is 10.5. The van der Waals surface area contributed by atoms with E-state index in [1.807, 2.05) is 32.9 Å². The fourth-order valence-corrected chi connectivity index (χ4v) is 4.85. The molecule has 1 unspecified atom stereocenters. The zero-order valence-corrected chi connectivity index (χ0v) is 19.6. The molecule has 33 heavy (non-hydrogen) atoms. The third-order valence-corrected chi connectivity index (χ3v) is 6.52. The van der Waals surface area contributed by atoms with Crippen molar-refractivity contribution in [3.63, 3.8) is 0 Å². The Hall–Kier alpha value is -2.42. The largest absolute Gasteiger partial charge is 0.491 e. The molecular weight excluding hydrogens is 451 g/mol. The maximum absolute atomic E-state index is 12.9. The highest BCUT2D eigenvalue weighted by atomic mass is 32.1. The number of hydrogen-bond acceptors (Lipinski definition) is 5. The lowest BCUT2D eigenvalue weighted by Crippen LogP contribution is -2.05. The van der Waals surface area contributed by atoms with Crippen molar-refractivity contribution in [3.05, 3.63) is 69.7 Å². The van der Waals surface area contributed by atoms with E-state index in [1.54, 1.807) is 6.07 Å². The second-order valence-electron chi connectivity index (χ2n) is 8.20. The number of aryl methyl sites for hydroxylation is 2. The topological polar surface area (TPSA) is 62.6 Å². The molecule has 1 atom stereocenters. The summed E-state index contributed by atoms with van der Waals surface area (Å²) in [6.45, 7) is 6.11. The number of ether oxygens (including phenoxy) is 1. The zero-order chi connectivity index (χ0) is 24.2. The minimum atomic E-state index is -4.37. The normalized spacial score (nSPS) is 12.9. The van der Waals surface area contributed by atoms with Gasteiger partial charge in [0, 0.05) is 10.4 Å². The molecular formula is C25H28F3NO3S. The van der Waals surface area contributed by atoms with Crippen LogP contribution in [0.4, 0.5) is 13.2 Å². The molecule has 4 nitrogen and oxygen atoms in total. The van der Waals surface area contributed by atoms with Crippen molar-refractivity contribution in [1.29, 1.82) is 0 Å². The van der Waals surface area contributed by atoms with E-state index in [9.17, 15) is 18.3 Å². The maximum atomic E-state index is 12.9. The number of aromatic nitrogens is 1. The number of hydrogen-bond donors (Lipinski definition) is 2. The Morgan fingerprint density at radius 2 is 1.79 bits per heavy atom. The van der Waals surface area contributed by atoms with Crippen molar-refractivity contribution in [2.75, 3.05) is 13.2 Å². The summed E-state index contributed by atoms with van der Waals surface area (Å²) in [6.07, 6.45) is -3.94. The molecule has 2 N–H and O–H groups in total. The highest BCUT2D eigenvalue weighted by Gasteiger charge is 2.30. The van der Waals surface area contributed by atoms with Crippen molar-refractivity contribution in [3.8, 4) is 16.3 Å². The number of rotatable bonds is 9. The van der Waals surface area contributed by atoms with E-state index in [0.717, 1.165) is 33.8 Å². The summed E-state index contributed by atoms with van der Waals surface area (Å²) in [5, 5.41) is 20.3. The number of benzene rings is 2. The van der Waals surface area contributed by atoms with Gasteiger partial charge in [-0.3, -0.25) is 0 Å². The van der Waals surface area contributed by atoms with Crippen LogP contribution in [0.2, 0.25) is 0 Å². The SMILES string of the molecule is Cc1cc(OCCO)ccc1C(O)CCc1sc(-c2ccc(C(F)(F)F)cc2)nc1C(C)C. The second kappa shape index (κ2) is 10.7. The third kappa shape index (κ3) is 6.34. The maximum Gasteiger partial charge on any atom is 0.416 e. The van der Waals surface area contributed by atoms with Crippen LogP contribution in [0.3, 0.4) is 0 Å². The molecule has 0 saturated heterocycles. The van der Waals surface area contributed by atoms with Crippen LogP contribution in [0.1, 0.15) is 59.6 Å². The first-order valence-corrected chi connectivity index (χ1v) is 11.6. The molecule has 1 heterocycles. The first kappa shape index (κ1) is 25.2. The van der Waals surface area contributed by atoms with Crippen molar-refractivity contribution in [2.45, 2.75) is 51.8 Å². The van der Waals surface area contributed by atoms with Gasteiger partial charge in [0.25, 0.3) is 0 Å². The number of alkyl halides is 3. The first-order chi connectivity index (χ1) is 15.6. The molecule has 0 spiro atoms. The molecule has 3 aromatic rings. The summed E-state index contributed by atoms with van der Waals surface area (Å²) >= 11 is 1.46. The van der Waals surface area contributed by atoms with E-state index >= 15 is 0 Å². The molecule has 3 rings (SSSR count). The van der Waals surface area contributed by atoms with E-state index in [4.69, 9.17) is 14.8 Å². The van der Waals surface area contributed by atoms with Gasteiger partial charge in [-0.2, -0.15) is 13.2 Å². The van der Waals surface area contributed by atoms with Crippen molar-refractivity contribution < 1.29 is 28.1 Å². The first-order valence-electron chi connectivity index (χ1n) is 10.8. The van der Waals surface area contributed by atoms with Crippen LogP contribution in [-0.4, -0.2) is 28.4 Å². The summed E-state index contributed by atoms with van der Waals surface area (Å²) in [5.74, 6) is 0.796. The van der Waals surface area contributed by atoms with Crippen LogP contribution in [0.15, 0.2) is 42.5 Å². The van der Waals surface area contributed by atoms with Gasteiger partial charge in [-0.25, -0.2) is 4.98 Å². The molecule has 0 bridgehead atoms. The lowest BCUT2D eigenvalue weighted by Gasteiger charge is -2.15. The minimum absolute atomic E-state index is 0.0646. The van der Waals surface area contributed by atoms with Crippen LogP contribution in [-0.2, 0) is 12.6 Å². The zero-order valence-electron chi connectivity index (χ0n) is 18.8. The van der Waals surface area contributed by atoms with E-state index in [2.05, 4.69) is 0 Å². The Kier molecular flexibility index (Phi) is 8.15. The van der Waals surface area contributed by atoms with Gasteiger partial charge in [-0.15, -0.1) is 11.3 Å². The highest BCUT2D eigenvalue weighted by molar-refractivity contribution is 7.15. The smallest absolute Gasteiger partial charge is 0.416 e. The molecule has 0 radical (unpaired) electrons. The molecule has 0 aliphatic carbocycles. The van der Waals surface area contributed by atoms with Crippen LogP contribution in [0, 0.1) is 6.92 Å². The average Bonchev–Trinajstić information content (AvgIpc) is 3.20. The minimum Gasteiger partial charge on any atom is -0.491 e. The summed E-state index contributed by atoms with van der Waals surface area (Å²) in [5.41, 5.74) is 2.59. The number of halogens is 3. The van der Waals surface area contributed by atoms with E-state index in [0.29, 0.717) is 29.2 Å². The van der Waals surface area contributed by atoms with Crippen LogP contribution in [0.5, 0.6) is 5.75 Å². The standard InChI is InChI=1S/C25H28F3NO3S/c1-15(2)23-22(33-24(29-23)17-4-6-18(7-5-17)25(26,27)28)11-10-21(31)20-9-8-19(14-16(20)3)32-13-12-30/h4-9,14-15,21,30-31H,10-13H2,1-3H3. The molecule has 1 aromatic heterocycles. The molecule has 178 valence electrons. The monoisotopic (exact) mass is 479 g/mol. The lowest BCUT2D eigenvalue weighted by molar-refractivity contribution is -0.137. The average molecular weight is 480 g/mol. The van der Waals surface area contributed by atoms with Gasteiger partial charge in [0.1, 0.15) is 17.4 Å². The van der Waals surface area contributed by atoms with Crippen LogP contribution in [0.25, 0.3) is 10.6 Å². The second-order valence-corrected chi connectivity index (χ2v) is 9.29. The molecule has 0 saturated carbocycles. The fraction of sp³-hybridized carbons (Fsp3) is 0.400. The van der Waals surface area contributed by atoms with Gasteiger partial charge in [0.15, 0.2) is 0 Å². The summed E-state index contributed by atoms with van der Waals surface area (Å²) in [7, 11) is 0. The molecule has 2 aromatic carbocycles. The number of thiazole rings is 1. The summed E-state index contributed by atoms with van der Waals surface area (Å²) < 4.78 is 44.0. The van der Waals surface area contributed by atoms with Crippen molar-refractivity contribution in [1.82, 2.24) is 4.98 Å². The van der Waals surface area contributed by atoms with Gasteiger partial charge in [-0.1, -0.05) is 32.0 Å². The van der Waals surface area contributed by atoms with Gasteiger partial charge in [0.05, 0.1) is 24.0 Å². The molecule has 0 aliphatic rings. The lowest BCUT2D eigenvalue weighted by atomic mass is 9.98. The van der Waals surface area contributed by atoms with Gasteiger partial charge >= 0.3 is 6.18 Å². The van der Waals surface area contributed by atoms with Gasteiger partial charge < -0.3 is 14.9 Å². The Balaban J connectivity index is 1.75. The van der Waals surface area contributed by atoms with Crippen molar-refractivity contribution in [2.24, 2.45) is 0 Å². The summed E-state index contributed by atoms with van der Waals surface area (Å²) in [4.78, 5) is 5.73. The van der Waals surface area contributed by atoms with Crippen LogP contribution >= 0.6 is 11.3 Å². The van der Waals surface area contributed by atoms with Gasteiger partial charge in [0.2, 0.25) is 0 Å². The Bertz CT molecular complexity index is 1060.